The van der Waals surface area contributed by atoms with E-state index in [1.54, 1.807) is 12.1 Å². The van der Waals surface area contributed by atoms with Gasteiger partial charge in [0.05, 0.1) is 5.52 Å². The van der Waals surface area contributed by atoms with E-state index in [0.717, 1.165) is 70.8 Å². The summed E-state index contributed by atoms with van der Waals surface area (Å²) in [5, 5.41) is 4.45. The van der Waals surface area contributed by atoms with Crippen LogP contribution in [0.1, 0.15) is 15.9 Å². The minimum atomic E-state index is -0.254. The zero-order valence-corrected chi connectivity index (χ0v) is 18.9. The molecule has 2 heterocycles. The van der Waals surface area contributed by atoms with Crippen LogP contribution in [-0.4, -0.2) is 53.9 Å². The van der Waals surface area contributed by atoms with Gasteiger partial charge in [-0.3, -0.25) is 4.79 Å². The van der Waals surface area contributed by atoms with E-state index in [0.29, 0.717) is 0 Å². The van der Waals surface area contributed by atoms with Gasteiger partial charge in [0.2, 0.25) is 0 Å². The summed E-state index contributed by atoms with van der Waals surface area (Å²) >= 11 is 0. The van der Waals surface area contributed by atoms with Crippen molar-refractivity contribution >= 4 is 28.3 Å². The van der Waals surface area contributed by atoms with Gasteiger partial charge in [0, 0.05) is 48.4 Å². The lowest BCUT2D eigenvalue weighted by Crippen LogP contribution is -2.47. The number of hydrogen-bond donors (Lipinski definition) is 2. The third-order valence-corrected chi connectivity index (χ3v) is 6.32. The molecule has 3 aromatic carbocycles. The van der Waals surface area contributed by atoms with E-state index < -0.39 is 0 Å². The Morgan fingerprint density at radius 1 is 0.970 bits per heavy atom. The van der Waals surface area contributed by atoms with Crippen LogP contribution < -0.4 is 5.32 Å². The number of likely N-dealkylation sites (N-methyl/N-ethyl adjacent to an activating group) is 1. The van der Waals surface area contributed by atoms with Crippen LogP contribution in [0.3, 0.4) is 0 Å². The summed E-state index contributed by atoms with van der Waals surface area (Å²) in [6.07, 6.45) is 0. The number of carbonyl (C=O) groups is 1. The number of para-hydroxylation sites is 1. The second-order valence-electron chi connectivity index (χ2n) is 8.71. The van der Waals surface area contributed by atoms with Crippen molar-refractivity contribution in [2.24, 2.45) is 0 Å². The van der Waals surface area contributed by atoms with Gasteiger partial charge in [-0.05, 0) is 61.5 Å². The fourth-order valence-corrected chi connectivity index (χ4v) is 4.44. The number of fused-ring (bicyclic) bond motifs is 1. The third kappa shape index (κ3) is 4.34. The van der Waals surface area contributed by atoms with E-state index in [-0.39, 0.29) is 11.7 Å². The van der Waals surface area contributed by atoms with Crippen molar-refractivity contribution in [3.8, 4) is 11.1 Å². The molecule has 4 aromatic rings. The van der Waals surface area contributed by atoms with Crippen LogP contribution in [0.4, 0.5) is 15.9 Å². The zero-order valence-electron chi connectivity index (χ0n) is 18.9. The van der Waals surface area contributed by atoms with Crippen LogP contribution >= 0.6 is 0 Å². The number of halogens is 1. The number of amides is 1. The second kappa shape index (κ2) is 8.71. The van der Waals surface area contributed by atoms with E-state index in [1.165, 1.54) is 6.07 Å². The van der Waals surface area contributed by atoms with Gasteiger partial charge in [-0.25, -0.2) is 4.39 Å². The molecule has 1 amide bonds. The quantitative estimate of drug-likeness (QED) is 0.444. The fourth-order valence-electron chi connectivity index (χ4n) is 4.44. The molecule has 1 saturated heterocycles. The highest BCUT2D eigenvalue weighted by molar-refractivity contribution is 5.98. The molecule has 0 unspecified atom stereocenters. The molecule has 1 fully saturated rings. The molecule has 5 nitrogen and oxygen atoms in total. The predicted octanol–water partition coefficient (Wildman–Crippen LogP) is 5.41. The van der Waals surface area contributed by atoms with Crippen molar-refractivity contribution in [3.05, 3.63) is 83.7 Å². The normalized spacial score (nSPS) is 14.6. The van der Waals surface area contributed by atoms with Crippen LogP contribution in [0.25, 0.3) is 22.0 Å². The molecule has 1 aliphatic heterocycles. The molecule has 0 bridgehead atoms. The van der Waals surface area contributed by atoms with Crippen LogP contribution in [0, 0.1) is 12.7 Å². The zero-order chi connectivity index (χ0) is 22.9. The maximum Gasteiger partial charge on any atom is 0.254 e. The average Bonchev–Trinajstić information content (AvgIpc) is 3.21. The molecule has 1 aromatic heterocycles. The van der Waals surface area contributed by atoms with E-state index in [9.17, 15) is 9.18 Å². The molecule has 0 saturated carbocycles. The Labute approximate surface area is 192 Å². The maximum atomic E-state index is 13.8. The van der Waals surface area contributed by atoms with E-state index in [1.807, 2.05) is 60.4 Å². The van der Waals surface area contributed by atoms with Crippen molar-refractivity contribution in [3.63, 3.8) is 0 Å². The Balaban J connectivity index is 1.38. The Morgan fingerprint density at radius 3 is 2.52 bits per heavy atom. The number of aromatic amines is 1. The molecule has 1 aliphatic rings. The molecule has 2 N–H and O–H groups in total. The van der Waals surface area contributed by atoms with Gasteiger partial charge >= 0.3 is 0 Å². The molecule has 168 valence electrons. The Kier molecular flexibility index (Phi) is 5.60. The Hall–Kier alpha value is -3.64. The van der Waals surface area contributed by atoms with Gasteiger partial charge in [-0.1, -0.05) is 30.3 Å². The smallest absolute Gasteiger partial charge is 0.254 e. The number of nitrogens with one attached hydrogen (secondary N) is 2. The first-order valence-electron chi connectivity index (χ1n) is 11.2. The van der Waals surface area contributed by atoms with Crippen molar-refractivity contribution in [1.82, 2.24) is 14.8 Å². The summed E-state index contributed by atoms with van der Waals surface area (Å²) < 4.78 is 13.8. The Morgan fingerprint density at radius 2 is 1.76 bits per heavy atom. The summed E-state index contributed by atoms with van der Waals surface area (Å²) in [6.45, 7) is 5.31. The van der Waals surface area contributed by atoms with E-state index in [4.69, 9.17) is 0 Å². The number of piperazine rings is 1. The highest BCUT2D eigenvalue weighted by Crippen LogP contribution is 2.31. The first kappa shape index (κ1) is 21.2. The average molecular weight is 443 g/mol. The second-order valence-corrected chi connectivity index (χ2v) is 8.71. The number of H-pyrrole nitrogens is 1. The summed E-state index contributed by atoms with van der Waals surface area (Å²) in [5.74, 6) is 0.681. The molecular formula is C27H27FN4O. The summed E-state index contributed by atoms with van der Waals surface area (Å²) in [6, 6.07) is 20.5. The van der Waals surface area contributed by atoms with Gasteiger partial charge in [-0.15, -0.1) is 0 Å². The SMILES string of the molecule is Cc1cc(Nc2cc3cccc(-c4cccc(F)c4)c3[nH]2)ccc1C(=O)N1CCN(C)CC1. The summed E-state index contributed by atoms with van der Waals surface area (Å²) in [5.41, 5.74) is 5.32. The lowest BCUT2D eigenvalue weighted by Gasteiger charge is -2.32. The largest absolute Gasteiger partial charge is 0.342 e. The monoisotopic (exact) mass is 442 g/mol. The van der Waals surface area contributed by atoms with Crippen molar-refractivity contribution in [2.75, 3.05) is 38.5 Å². The van der Waals surface area contributed by atoms with Gasteiger partial charge < -0.3 is 20.1 Å². The molecule has 5 rings (SSSR count). The molecule has 0 atom stereocenters. The molecule has 0 spiro atoms. The van der Waals surface area contributed by atoms with Crippen LogP contribution in [0.15, 0.2) is 66.7 Å². The van der Waals surface area contributed by atoms with E-state index in [2.05, 4.69) is 22.2 Å². The number of carbonyl (C=O) groups excluding carboxylic acids is 1. The van der Waals surface area contributed by atoms with Crippen LogP contribution in [0.5, 0.6) is 0 Å². The number of rotatable bonds is 4. The lowest BCUT2D eigenvalue weighted by molar-refractivity contribution is 0.0663. The molecule has 0 radical (unpaired) electrons. The van der Waals surface area contributed by atoms with Gasteiger partial charge in [0.1, 0.15) is 11.6 Å². The van der Waals surface area contributed by atoms with Gasteiger partial charge in [0.25, 0.3) is 5.91 Å². The molecular weight excluding hydrogens is 415 g/mol. The number of benzene rings is 3. The topological polar surface area (TPSA) is 51.4 Å². The van der Waals surface area contributed by atoms with Crippen molar-refractivity contribution in [1.29, 1.82) is 0 Å². The van der Waals surface area contributed by atoms with Crippen LogP contribution in [0.2, 0.25) is 0 Å². The number of aromatic nitrogens is 1. The highest BCUT2D eigenvalue weighted by Gasteiger charge is 2.21. The summed E-state index contributed by atoms with van der Waals surface area (Å²) in [7, 11) is 2.08. The van der Waals surface area contributed by atoms with Gasteiger partial charge in [-0.2, -0.15) is 0 Å². The number of hydrogen-bond acceptors (Lipinski definition) is 3. The lowest BCUT2D eigenvalue weighted by atomic mass is 10.0. The fraction of sp³-hybridized carbons (Fsp3) is 0.222. The Bertz CT molecular complexity index is 1320. The molecule has 33 heavy (non-hydrogen) atoms. The van der Waals surface area contributed by atoms with E-state index >= 15 is 0 Å². The van der Waals surface area contributed by atoms with Crippen molar-refractivity contribution < 1.29 is 9.18 Å². The minimum absolute atomic E-state index is 0.0949. The van der Waals surface area contributed by atoms with Gasteiger partial charge in [0.15, 0.2) is 0 Å². The predicted molar refractivity (Wildman–Crippen MR) is 132 cm³/mol. The standard InChI is InChI=1S/C27H27FN4O/c1-18-15-22(9-10-23(18)27(33)32-13-11-31(2)12-14-32)29-25-17-20-6-4-8-24(26(20)30-25)19-5-3-7-21(28)16-19/h3-10,15-17,29-30H,11-14H2,1-2H3. The van der Waals surface area contributed by atoms with Crippen LogP contribution in [-0.2, 0) is 0 Å². The highest BCUT2D eigenvalue weighted by atomic mass is 19.1. The number of anilines is 2. The first-order valence-corrected chi connectivity index (χ1v) is 11.2. The number of nitrogens with zero attached hydrogens (tertiary/aromatic N) is 2. The first-order chi connectivity index (χ1) is 16.0. The summed E-state index contributed by atoms with van der Waals surface area (Å²) in [4.78, 5) is 20.6. The molecule has 6 heteroatoms. The molecule has 0 aliphatic carbocycles. The minimum Gasteiger partial charge on any atom is -0.342 e. The number of aryl methyl sites for hydroxylation is 1. The van der Waals surface area contributed by atoms with Crippen molar-refractivity contribution in [2.45, 2.75) is 6.92 Å². The third-order valence-electron chi connectivity index (χ3n) is 6.32. The maximum absolute atomic E-state index is 13.8.